The van der Waals surface area contributed by atoms with Crippen molar-refractivity contribution in [2.24, 2.45) is 0 Å². The minimum Gasteiger partial charge on any atom is -0.325 e. The molecule has 0 unspecified atom stereocenters. The molecule has 6 heteroatoms. The van der Waals surface area contributed by atoms with E-state index in [1.54, 1.807) is 18.2 Å². The van der Waals surface area contributed by atoms with Crippen LogP contribution in [0.5, 0.6) is 0 Å². The van der Waals surface area contributed by atoms with E-state index in [1.165, 1.54) is 0 Å². The van der Waals surface area contributed by atoms with E-state index in [0.29, 0.717) is 21.4 Å². The third-order valence-electron chi connectivity index (χ3n) is 3.22. The van der Waals surface area contributed by atoms with Crippen LogP contribution in [0, 0.1) is 13.8 Å². The number of nitrogens with one attached hydrogen (secondary N) is 2. The second-order valence-electron chi connectivity index (χ2n) is 5.19. The van der Waals surface area contributed by atoms with Crippen LogP contribution in [0.25, 0.3) is 0 Å². The molecule has 2 rings (SSSR count). The van der Waals surface area contributed by atoms with Gasteiger partial charge in [-0.25, -0.2) is 0 Å². The molecule has 0 saturated heterocycles. The standard InChI is InChI=1S/C17H16Cl2N2O2/c1-10-6-7-11(2)14(8-10)20-15(22)9-16(23)21-17-12(18)4-3-5-13(17)19/h3-8H,9H2,1-2H3,(H,20,22)(H,21,23). The lowest BCUT2D eigenvalue weighted by Crippen LogP contribution is -2.22. The fourth-order valence-corrected chi connectivity index (χ4v) is 2.50. The van der Waals surface area contributed by atoms with E-state index in [0.717, 1.165) is 11.1 Å². The van der Waals surface area contributed by atoms with Crippen molar-refractivity contribution in [3.63, 3.8) is 0 Å². The van der Waals surface area contributed by atoms with Gasteiger partial charge in [0.05, 0.1) is 15.7 Å². The molecule has 2 N–H and O–H groups in total. The number of benzene rings is 2. The normalized spacial score (nSPS) is 10.3. The van der Waals surface area contributed by atoms with Crippen LogP contribution in [0.4, 0.5) is 11.4 Å². The Kier molecular flexibility index (Phi) is 5.64. The van der Waals surface area contributed by atoms with Crippen LogP contribution < -0.4 is 10.6 Å². The molecular weight excluding hydrogens is 335 g/mol. The summed E-state index contributed by atoms with van der Waals surface area (Å²) in [5, 5.41) is 5.93. The Morgan fingerprint density at radius 3 is 2.22 bits per heavy atom. The highest BCUT2D eigenvalue weighted by atomic mass is 35.5. The molecular formula is C17H16Cl2N2O2. The van der Waals surface area contributed by atoms with Crippen LogP contribution in [0.15, 0.2) is 36.4 Å². The summed E-state index contributed by atoms with van der Waals surface area (Å²) in [4.78, 5) is 24.0. The molecule has 0 fully saturated rings. The van der Waals surface area contributed by atoms with Gasteiger partial charge in [0.2, 0.25) is 11.8 Å². The van der Waals surface area contributed by atoms with E-state index >= 15 is 0 Å². The maximum Gasteiger partial charge on any atom is 0.233 e. The van der Waals surface area contributed by atoms with Gasteiger partial charge in [-0.05, 0) is 43.2 Å². The van der Waals surface area contributed by atoms with Crippen LogP contribution in [0.1, 0.15) is 17.5 Å². The zero-order valence-electron chi connectivity index (χ0n) is 12.7. The second-order valence-corrected chi connectivity index (χ2v) is 6.00. The summed E-state index contributed by atoms with van der Waals surface area (Å²) in [6.45, 7) is 3.82. The van der Waals surface area contributed by atoms with Crippen LogP contribution in [0.2, 0.25) is 10.0 Å². The Balaban J connectivity index is 2.00. The summed E-state index contributed by atoms with van der Waals surface area (Å²) < 4.78 is 0. The third kappa shape index (κ3) is 4.71. The van der Waals surface area contributed by atoms with E-state index < -0.39 is 11.8 Å². The summed E-state index contributed by atoms with van der Waals surface area (Å²) in [7, 11) is 0. The highest BCUT2D eigenvalue weighted by molar-refractivity contribution is 6.39. The van der Waals surface area contributed by atoms with E-state index in [4.69, 9.17) is 23.2 Å². The predicted molar refractivity (Wildman–Crippen MR) is 94.3 cm³/mol. The van der Waals surface area contributed by atoms with Crippen molar-refractivity contribution in [3.8, 4) is 0 Å². The number of rotatable bonds is 4. The number of aryl methyl sites for hydroxylation is 2. The average Bonchev–Trinajstić information content (AvgIpc) is 2.47. The molecule has 4 nitrogen and oxygen atoms in total. The van der Waals surface area contributed by atoms with E-state index in [1.807, 2.05) is 32.0 Å². The van der Waals surface area contributed by atoms with Crippen molar-refractivity contribution < 1.29 is 9.59 Å². The number of hydrogen-bond donors (Lipinski definition) is 2. The first kappa shape index (κ1) is 17.3. The van der Waals surface area contributed by atoms with Gasteiger partial charge in [0.1, 0.15) is 6.42 Å². The second kappa shape index (κ2) is 7.49. The molecule has 0 bridgehead atoms. The summed E-state index contributed by atoms with van der Waals surface area (Å²) in [5.74, 6) is -0.887. The van der Waals surface area contributed by atoms with Gasteiger partial charge in [-0.2, -0.15) is 0 Å². The quantitative estimate of drug-likeness (QED) is 0.793. The zero-order chi connectivity index (χ0) is 17.0. The zero-order valence-corrected chi connectivity index (χ0v) is 14.3. The van der Waals surface area contributed by atoms with Crippen molar-refractivity contribution in [1.82, 2.24) is 0 Å². The Bertz CT molecular complexity index is 740. The Morgan fingerprint density at radius 2 is 1.57 bits per heavy atom. The number of amides is 2. The summed E-state index contributed by atoms with van der Waals surface area (Å²) >= 11 is 12.0. The van der Waals surface area contributed by atoms with Crippen molar-refractivity contribution in [1.29, 1.82) is 0 Å². The predicted octanol–water partition coefficient (Wildman–Crippen LogP) is 4.58. The number of carbonyl (C=O) groups excluding carboxylic acids is 2. The Hall–Kier alpha value is -2.04. The van der Waals surface area contributed by atoms with Gasteiger partial charge in [0.25, 0.3) is 0 Å². The van der Waals surface area contributed by atoms with Gasteiger partial charge in [-0.1, -0.05) is 41.4 Å². The lowest BCUT2D eigenvalue weighted by atomic mass is 10.1. The van der Waals surface area contributed by atoms with Gasteiger partial charge in [0.15, 0.2) is 0 Å². The first-order valence-corrected chi connectivity index (χ1v) is 7.73. The smallest absolute Gasteiger partial charge is 0.233 e. The van der Waals surface area contributed by atoms with Gasteiger partial charge in [-0.3, -0.25) is 9.59 Å². The highest BCUT2D eigenvalue weighted by Gasteiger charge is 2.14. The van der Waals surface area contributed by atoms with Gasteiger partial charge >= 0.3 is 0 Å². The molecule has 2 amide bonds. The number of halogens is 2. The fraction of sp³-hybridized carbons (Fsp3) is 0.176. The van der Waals surface area contributed by atoms with Crippen molar-refractivity contribution >= 4 is 46.4 Å². The maximum atomic E-state index is 12.0. The summed E-state index contributed by atoms with van der Waals surface area (Å²) in [5.41, 5.74) is 2.95. The van der Waals surface area contributed by atoms with Crippen molar-refractivity contribution in [3.05, 3.63) is 57.6 Å². The van der Waals surface area contributed by atoms with Crippen LogP contribution in [-0.4, -0.2) is 11.8 Å². The number of hydrogen-bond acceptors (Lipinski definition) is 2. The molecule has 0 aliphatic heterocycles. The molecule has 0 saturated carbocycles. The molecule has 0 aliphatic carbocycles. The number of anilines is 2. The monoisotopic (exact) mass is 350 g/mol. The number of carbonyl (C=O) groups is 2. The van der Waals surface area contributed by atoms with E-state index in [2.05, 4.69) is 10.6 Å². The van der Waals surface area contributed by atoms with Crippen molar-refractivity contribution in [2.75, 3.05) is 10.6 Å². The van der Waals surface area contributed by atoms with Crippen molar-refractivity contribution in [2.45, 2.75) is 20.3 Å². The molecule has 0 spiro atoms. The summed E-state index contributed by atoms with van der Waals surface area (Å²) in [6, 6.07) is 10.6. The molecule has 23 heavy (non-hydrogen) atoms. The van der Waals surface area contributed by atoms with Crippen LogP contribution >= 0.6 is 23.2 Å². The average molecular weight is 351 g/mol. The molecule has 0 heterocycles. The molecule has 0 aliphatic rings. The maximum absolute atomic E-state index is 12.0. The molecule has 2 aromatic carbocycles. The SMILES string of the molecule is Cc1ccc(C)c(NC(=O)CC(=O)Nc2c(Cl)cccc2Cl)c1. The molecule has 2 aromatic rings. The first-order chi connectivity index (χ1) is 10.9. The highest BCUT2D eigenvalue weighted by Crippen LogP contribution is 2.29. The minimum absolute atomic E-state index is 0.306. The van der Waals surface area contributed by atoms with Gasteiger partial charge < -0.3 is 10.6 Å². The van der Waals surface area contributed by atoms with Crippen LogP contribution in [0.3, 0.4) is 0 Å². The van der Waals surface area contributed by atoms with E-state index in [-0.39, 0.29) is 6.42 Å². The number of para-hydroxylation sites is 1. The van der Waals surface area contributed by atoms with E-state index in [9.17, 15) is 9.59 Å². The van der Waals surface area contributed by atoms with Gasteiger partial charge in [0, 0.05) is 5.69 Å². The summed E-state index contributed by atoms with van der Waals surface area (Å²) in [6.07, 6.45) is -0.324. The largest absolute Gasteiger partial charge is 0.325 e. The molecule has 120 valence electrons. The lowest BCUT2D eigenvalue weighted by Gasteiger charge is -2.11. The molecule has 0 atom stereocenters. The minimum atomic E-state index is -0.484. The Morgan fingerprint density at radius 1 is 0.957 bits per heavy atom. The fourth-order valence-electron chi connectivity index (χ4n) is 2.01. The van der Waals surface area contributed by atoms with Crippen LogP contribution in [-0.2, 0) is 9.59 Å². The van der Waals surface area contributed by atoms with Gasteiger partial charge in [-0.15, -0.1) is 0 Å². The third-order valence-corrected chi connectivity index (χ3v) is 3.85. The molecule has 0 aromatic heterocycles. The Labute approximate surface area is 144 Å². The lowest BCUT2D eigenvalue weighted by molar-refractivity contribution is -0.123. The molecule has 0 radical (unpaired) electrons. The first-order valence-electron chi connectivity index (χ1n) is 6.98. The topological polar surface area (TPSA) is 58.2 Å².